The van der Waals surface area contributed by atoms with Crippen LogP contribution in [-0.2, 0) is 9.84 Å². The molecule has 0 saturated carbocycles. The number of piperidine rings is 1. The zero-order valence-electron chi connectivity index (χ0n) is 12.1. The first kappa shape index (κ1) is 16.3. The molecule has 1 aliphatic rings. The van der Waals surface area contributed by atoms with E-state index in [2.05, 4.69) is 5.32 Å². The van der Waals surface area contributed by atoms with Crippen LogP contribution in [0.5, 0.6) is 0 Å². The molecular weight excluding hydrogens is 312 g/mol. The van der Waals surface area contributed by atoms with Gasteiger partial charge in [-0.3, -0.25) is 4.79 Å². The summed E-state index contributed by atoms with van der Waals surface area (Å²) < 4.78 is 23.2. The minimum atomic E-state index is -3.36. The Hall–Kier alpha value is -1.11. The molecule has 1 heterocycles. The number of likely N-dealkylation sites (N-methyl/N-ethyl adjacent to an activating group) is 1. The largest absolute Gasteiger partial charge is 0.337 e. The number of rotatable bonds is 3. The molecule has 1 unspecified atom stereocenters. The topological polar surface area (TPSA) is 66.5 Å². The number of carbonyl (C=O) groups is 1. The van der Waals surface area contributed by atoms with Crippen LogP contribution in [0.3, 0.4) is 0 Å². The summed E-state index contributed by atoms with van der Waals surface area (Å²) in [4.78, 5) is 14.4. The van der Waals surface area contributed by atoms with Crippen molar-refractivity contribution in [2.45, 2.75) is 23.8 Å². The van der Waals surface area contributed by atoms with Crippen LogP contribution >= 0.6 is 11.6 Å². The third-order valence-electron chi connectivity index (χ3n) is 3.71. The van der Waals surface area contributed by atoms with E-state index in [1.807, 2.05) is 7.05 Å². The van der Waals surface area contributed by atoms with Gasteiger partial charge in [0.05, 0.1) is 15.5 Å². The molecule has 116 valence electrons. The minimum absolute atomic E-state index is 0.109. The molecule has 1 N–H and O–H groups in total. The molecule has 21 heavy (non-hydrogen) atoms. The lowest BCUT2D eigenvalue weighted by Gasteiger charge is -2.32. The van der Waals surface area contributed by atoms with E-state index in [4.69, 9.17) is 11.6 Å². The lowest BCUT2D eigenvalue weighted by molar-refractivity contribution is 0.0698. The van der Waals surface area contributed by atoms with Crippen LogP contribution < -0.4 is 5.32 Å². The molecule has 0 radical (unpaired) electrons. The van der Waals surface area contributed by atoms with Gasteiger partial charge in [-0.1, -0.05) is 11.6 Å². The number of amides is 1. The highest BCUT2D eigenvalue weighted by Gasteiger charge is 2.25. The van der Waals surface area contributed by atoms with E-state index < -0.39 is 9.84 Å². The van der Waals surface area contributed by atoms with Gasteiger partial charge in [-0.25, -0.2) is 8.42 Å². The van der Waals surface area contributed by atoms with Crippen molar-refractivity contribution in [3.63, 3.8) is 0 Å². The molecule has 1 aromatic carbocycles. The van der Waals surface area contributed by atoms with E-state index in [9.17, 15) is 13.2 Å². The molecule has 1 aromatic rings. The number of hydrogen-bond donors (Lipinski definition) is 1. The van der Waals surface area contributed by atoms with Crippen molar-refractivity contribution < 1.29 is 13.2 Å². The number of hydrogen-bond acceptors (Lipinski definition) is 4. The van der Waals surface area contributed by atoms with Crippen molar-refractivity contribution in [1.82, 2.24) is 10.2 Å². The van der Waals surface area contributed by atoms with E-state index in [1.165, 1.54) is 18.2 Å². The fraction of sp³-hybridized carbons (Fsp3) is 0.500. The van der Waals surface area contributed by atoms with E-state index in [1.54, 1.807) is 4.90 Å². The third kappa shape index (κ3) is 3.75. The SMILES string of the molecule is CNC1CCCN(C(=O)c2cc(S(C)(=O)=O)ccc2Cl)C1. The van der Waals surface area contributed by atoms with Crippen molar-refractivity contribution in [1.29, 1.82) is 0 Å². The van der Waals surface area contributed by atoms with E-state index in [0.29, 0.717) is 13.1 Å². The van der Waals surface area contributed by atoms with Gasteiger partial charge in [-0.05, 0) is 38.1 Å². The lowest BCUT2D eigenvalue weighted by atomic mass is 10.0. The normalized spacial score (nSPS) is 19.6. The molecule has 2 rings (SSSR count). The quantitative estimate of drug-likeness (QED) is 0.913. The van der Waals surface area contributed by atoms with Gasteiger partial charge in [-0.15, -0.1) is 0 Å². The zero-order chi connectivity index (χ0) is 15.6. The van der Waals surface area contributed by atoms with Crippen molar-refractivity contribution in [2.75, 3.05) is 26.4 Å². The summed E-state index contributed by atoms with van der Waals surface area (Å²) in [6.07, 6.45) is 3.06. The molecule has 0 aromatic heterocycles. The van der Waals surface area contributed by atoms with Crippen molar-refractivity contribution in [3.8, 4) is 0 Å². The smallest absolute Gasteiger partial charge is 0.255 e. The van der Waals surface area contributed by atoms with E-state index >= 15 is 0 Å². The summed E-state index contributed by atoms with van der Waals surface area (Å²) in [5.74, 6) is -0.217. The summed E-state index contributed by atoms with van der Waals surface area (Å²) in [5.41, 5.74) is 0.247. The predicted octanol–water partition coefficient (Wildman–Crippen LogP) is 1.57. The maximum Gasteiger partial charge on any atom is 0.255 e. The summed E-state index contributed by atoms with van der Waals surface area (Å²) in [6, 6.07) is 4.51. The first-order valence-corrected chi connectivity index (χ1v) is 9.06. The summed E-state index contributed by atoms with van der Waals surface area (Å²) in [6.45, 7) is 1.27. The maximum atomic E-state index is 12.6. The van der Waals surface area contributed by atoms with Crippen molar-refractivity contribution >= 4 is 27.3 Å². The molecule has 0 spiro atoms. The molecule has 0 bridgehead atoms. The number of sulfone groups is 1. The summed E-state index contributed by atoms with van der Waals surface area (Å²) in [5, 5.41) is 3.44. The molecule has 1 saturated heterocycles. The highest BCUT2D eigenvalue weighted by atomic mass is 35.5. The molecule has 7 heteroatoms. The number of halogens is 1. The lowest BCUT2D eigenvalue weighted by Crippen LogP contribution is -2.47. The number of benzene rings is 1. The van der Waals surface area contributed by atoms with Gasteiger partial charge in [0.1, 0.15) is 0 Å². The Balaban J connectivity index is 2.30. The Bertz CT molecular complexity index is 646. The molecule has 0 aliphatic carbocycles. The van der Waals surface area contributed by atoms with E-state index in [-0.39, 0.29) is 27.4 Å². The van der Waals surface area contributed by atoms with Crippen LogP contribution in [0, 0.1) is 0 Å². The Morgan fingerprint density at radius 1 is 1.43 bits per heavy atom. The molecule has 1 fully saturated rings. The number of likely N-dealkylation sites (tertiary alicyclic amines) is 1. The Morgan fingerprint density at radius 3 is 2.76 bits per heavy atom. The van der Waals surface area contributed by atoms with Gasteiger partial charge in [-0.2, -0.15) is 0 Å². The second-order valence-electron chi connectivity index (χ2n) is 5.29. The Kier molecular flexibility index (Phi) is 4.91. The fourth-order valence-corrected chi connectivity index (χ4v) is 3.31. The average Bonchev–Trinajstić information content (AvgIpc) is 2.46. The van der Waals surface area contributed by atoms with Gasteiger partial charge >= 0.3 is 0 Å². The average molecular weight is 331 g/mol. The van der Waals surface area contributed by atoms with Crippen LogP contribution in [-0.4, -0.2) is 51.7 Å². The van der Waals surface area contributed by atoms with Crippen molar-refractivity contribution in [3.05, 3.63) is 28.8 Å². The van der Waals surface area contributed by atoms with Crippen molar-refractivity contribution in [2.24, 2.45) is 0 Å². The highest BCUT2D eigenvalue weighted by Crippen LogP contribution is 2.23. The minimum Gasteiger partial charge on any atom is -0.337 e. The zero-order valence-corrected chi connectivity index (χ0v) is 13.7. The Morgan fingerprint density at radius 2 is 2.14 bits per heavy atom. The second kappa shape index (κ2) is 6.34. The first-order valence-electron chi connectivity index (χ1n) is 6.79. The molecule has 1 atom stereocenters. The van der Waals surface area contributed by atoms with Gasteiger partial charge in [0.15, 0.2) is 9.84 Å². The predicted molar refractivity (Wildman–Crippen MR) is 82.5 cm³/mol. The monoisotopic (exact) mass is 330 g/mol. The fourth-order valence-electron chi connectivity index (χ4n) is 2.47. The summed E-state index contributed by atoms with van der Waals surface area (Å²) >= 11 is 6.07. The standard InChI is InChI=1S/C14H19ClN2O3S/c1-16-10-4-3-7-17(9-10)14(18)12-8-11(21(2,19)20)5-6-13(12)15/h5-6,8,10,16H,3-4,7,9H2,1-2H3. The molecular formula is C14H19ClN2O3S. The third-order valence-corrected chi connectivity index (χ3v) is 5.15. The van der Waals surface area contributed by atoms with Crippen LogP contribution in [0.15, 0.2) is 23.1 Å². The number of nitrogens with zero attached hydrogens (tertiary/aromatic N) is 1. The van der Waals surface area contributed by atoms with Crippen LogP contribution in [0.2, 0.25) is 5.02 Å². The second-order valence-corrected chi connectivity index (χ2v) is 7.72. The molecule has 1 aliphatic heterocycles. The highest BCUT2D eigenvalue weighted by molar-refractivity contribution is 7.90. The van der Waals surface area contributed by atoms with E-state index in [0.717, 1.165) is 19.1 Å². The van der Waals surface area contributed by atoms with Gasteiger partial charge < -0.3 is 10.2 Å². The maximum absolute atomic E-state index is 12.6. The first-order chi connectivity index (χ1) is 9.82. The number of nitrogens with one attached hydrogen (secondary N) is 1. The van der Waals surface area contributed by atoms with Crippen LogP contribution in [0.25, 0.3) is 0 Å². The number of carbonyl (C=O) groups excluding carboxylic acids is 1. The summed E-state index contributed by atoms with van der Waals surface area (Å²) in [7, 11) is -1.49. The van der Waals surface area contributed by atoms with Crippen LogP contribution in [0.4, 0.5) is 0 Å². The Labute approximate surface area is 130 Å². The van der Waals surface area contributed by atoms with Crippen LogP contribution in [0.1, 0.15) is 23.2 Å². The molecule has 1 amide bonds. The van der Waals surface area contributed by atoms with Gasteiger partial charge in [0, 0.05) is 25.4 Å². The van der Waals surface area contributed by atoms with Gasteiger partial charge in [0.2, 0.25) is 0 Å². The molecule has 5 nitrogen and oxygen atoms in total. The van der Waals surface area contributed by atoms with Gasteiger partial charge in [0.25, 0.3) is 5.91 Å².